The lowest BCUT2D eigenvalue weighted by Gasteiger charge is -2.19. The van der Waals surface area contributed by atoms with Crippen LogP contribution in [-0.4, -0.2) is 33.5 Å². The van der Waals surface area contributed by atoms with Crippen LogP contribution < -0.4 is 15.8 Å². The van der Waals surface area contributed by atoms with Gasteiger partial charge in [0.1, 0.15) is 16.8 Å². The molecular formula is C18H22FN3O3S. The average molecular weight is 379 g/mol. The molecule has 0 spiro atoms. The maximum Gasteiger partial charge on any atom is 0.244 e. The molecule has 1 unspecified atom stereocenters. The number of rotatable bonds is 9. The number of sulfonamides is 1. The van der Waals surface area contributed by atoms with Crippen molar-refractivity contribution in [3.8, 4) is 0 Å². The number of carbonyl (C=O) groups excluding carboxylic acids is 1. The average Bonchev–Trinajstić information content (AvgIpc) is 2.62. The summed E-state index contributed by atoms with van der Waals surface area (Å²) in [5.41, 5.74) is 6.18. The highest BCUT2D eigenvalue weighted by Crippen LogP contribution is 2.15. The summed E-state index contributed by atoms with van der Waals surface area (Å²) in [4.78, 5) is 12.0. The summed E-state index contributed by atoms with van der Waals surface area (Å²) in [5.74, 6) is -1.36. The zero-order valence-electron chi connectivity index (χ0n) is 14.2. The molecule has 0 radical (unpaired) electrons. The van der Waals surface area contributed by atoms with Gasteiger partial charge in [-0.1, -0.05) is 42.5 Å². The van der Waals surface area contributed by atoms with E-state index in [1.54, 1.807) is 24.3 Å². The molecule has 0 saturated heterocycles. The smallest absolute Gasteiger partial charge is 0.244 e. The minimum absolute atomic E-state index is 0.142. The van der Waals surface area contributed by atoms with Gasteiger partial charge in [-0.25, -0.2) is 12.8 Å². The van der Waals surface area contributed by atoms with E-state index in [1.165, 1.54) is 12.1 Å². The van der Waals surface area contributed by atoms with Crippen LogP contribution in [0.2, 0.25) is 0 Å². The number of benzene rings is 2. The van der Waals surface area contributed by atoms with E-state index < -0.39 is 32.7 Å². The molecule has 2 rings (SSSR count). The van der Waals surface area contributed by atoms with Crippen LogP contribution in [0.15, 0.2) is 59.5 Å². The molecule has 1 atom stereocenters. The molecule has 0 bridgehead atoms. The van der Waals surface area contributed by atoms with Crippen molar-refractivity contribution in [1.82, 2.24) is 10.0 Å². The number of hydrogen-bond donors (Lipinski definition) is 3. The first-order chi connectivity index (χ1) is 12.4. The summed E-state index contributed by atoms with van der Waals surface area (Å²) in [5, 5.41) is 2.65. The molecule has 4 N–H and O–H groups in total. The molecule has 0 aliphatic heterocycles. The van der Waals surface area contributed by atoms with Gasteiger partial charge in [-0.05, 0) is 37.1 Å². The van der Waals surface area contributed by atoms with Crippen LogP contribution in [0.5, 0.6) is 0 Å². The largest absolute Gasteiger partial charge is 0.355 e. The molecule has 8 heteroatoms. The minimum Gasteiger partial charge on any atom is -0.355 e. The second-order valence-corrected chi connectivity index (χ2v) is 7.41. The highest BCUT2D eigenvalue weighted by molar-refractivity contribution is 7.89. The Hall–Kier alpha value is -2.29. The minimum atomic E-state index is -4.20. The van der Waals surface area contributed by atoms with Gasteiger partial charge in [-0.2, -0.15) is 4.72 Å². The summed E-state index contributed by atoms with van der Waals surface area (Å²) >= 11 is 0. The predicted octanol–water partition coefficient (Wildman–Crippen LogP) is 1.18. The Bertz CT molecular complexity index is 829. The Labute approximate surface area is 152 Å². The lowest BCUT2D eigenvalue weighted by atomic mass is 10.1. The summed E-state index contributed by atoms with van der Waals surface area (Å²) in [6.45, 7) is 0.743. The molecule has 140 valence electrons. The summed E-state index contributed by atoms with van der Waals surface area (Å²) in [6.07, 6.45) is 0.715. The van der Waals surface area contributed by atoms with Gasteiger partial charge in [-0.3, -0.25) is 4.79 Å². The van der Waals surface area contributed by atoms with Crippen LogP contribution in [0.4, 0.5) is 4.39 Å². The third-order valence-corrected chi connectivity index (χ3v) is 5.21. The van der Waals surface area contributed by atoms with Gasteiger partial charge in [0.25, 0.3) is 0 Å². The highest BCUT2D eigenvalue weighted by atomic mass is 32.2. The molecule has 0 aromatic heterocycles. The van der Waals surface area contributed by atoms with Crippen molar-refractivity contribution < 1.29 is 17.6 Å². The van der Waals surface area contributed by atoms with Crippen molar-refractivity contribution in [2.75, 3.05) is 13.1 Å². The van der Waals surface area contributed by atoms with Crippen molar-refractivity contribution in [3.63, 3.8) is 0 Å². The Kier molecular flexibility index (Phi) is 7.26. The fraction of sp³-hybridized carbons (Fsp3) is 0.278. The van der Waals surface area contributed by atoms with E-state index in [4.69, 9.17) is 5.73 Å². The van der Waals surface area contributed by atoms with Crippen LogP contribution in [-0.2, 0) is 21.2 Å². The summed E-state index contributed by atoms with van der Waals surface area (Å²) < 4.78 is 41.3. The zero-order valence-corrected chi connectivity index (χ0v) is 15.0. The number of carbonyl (C=O) groups is 1. The molecule has 0 fully saturated rings. The normalized spacial score (nSPS) is 12.5. The Morgan fingerprint density at radius 3 is 2.38 bits per heavy atom. The van der Waals surface area contributed by atoms with Gasteiger partial charge >= 0.3 is 0 Å². The third kappa shape index (κ3) is 5.62. The van der Waals surface area contributed by atoms with Crippen molar-refractivity contribution in [2.24, 2.45) is 5.73 Å². The molecule has 0 aliphatic carbocycles. The van der Waals surface area contributed by atoms with Crippen LogP contribution in [0.1, 0.15) is 12.0 Å². The van der Waals surface area contributed by atoms with Gasteiger partial charge in [0.05, 0.1) is 0 Å². The van der Waals surface area contributed by atoms with E-state index in [2.05, 4.69) is 10.0 Å². The second kappa shape index (κ2) is 9.42. The summed E-state index contributed by atoms with van der Waals surface area (Å²) in [7, 11) is -4.20. The maximum atomic E-state index is 13.9. The molecule has 0 aliphatic rings. The number of amides is 1. The monoisotopic (exact) mass is 379 g/mol. The SMILES string of the molecule is NCCCNC(=O)C(Cc1ccccc1)NS(=O)(=O)c1ccccc1F. The number of nitrogens with one attached hydrogen (secondary N) is 2. The van der Waals surface area contributed by atoms with Gasteiger partial charge in [0, 0.05) is 6.54 Å². The molecule has 2 aromatic rings. The van der Waals surface area contributed by atoms with Gasteiger partial charge < -0.3 is 11.1 Å². The molecule has 6 nitrogen and oxygen atoms in total. The molecule has 1 amide bonds. The number of halogens is 1. The van der Waals surface area contributed by atoms with Crippen molar-refractivity contribution in [2.45, 2.75) is 23.8 Å². The van der Waals surface area contributed by atoms with E-state index in [9.17, 15) is 17.6 Å². The lowest BCUT2D eigenvalue weighted by Crippen LogP contribution is -2.48. The van der Waals surface area contributed by atoms with E-state index in [0.717, 1.165) is 17.7 Å². The zero-order chi connectivity index (χ0) is 19.0. The van der Waals surface area contributed by atoms with Gasteiger partial charge in [0.15, 0.2) is 0 Å². The van der Waals surface area contributed by atoms with Crippen LogP contribution in [0, 0.1) is 5.82 Å². The fourth-order valence-corrected chi connectivity index (χ4v) is 3.66. The summed E-state index contributed by atoms with van der Waals surface area (Å²) in [6, 6.07) is 13.0. The molecule has 26 heavy (non-hydrogen) atoms. The van der Waals surface area contributed by atoms with Crippen molar-refractivity contribution in [3.05, 3.63) is 66.0 Å². The van der Waals surface area contributed by atoms with Crippen LogP contribution >= 0.6 is 0 Å². The van der Waals surface area contributed by atoms with Gasteiger partial charge in [-0.15, -0.1) is 0 Å². The fourth-order valence-electron chi connectivity index (χ4n) is 2.39. The lowest BCUT2D eigenvalue weighted by molar-refractivity contribution is -0.122. The van der Waals surface area contributed by atoms with E-state index in [0.29, 0.717) is 19.5 Å². The Morgan fingerprint density at radius 1 is 1.08 bits per heavy atom. The van der Waals surface area contributed by atoms with Crippen LogP contribution in [0.25, 0.3) is 0 Å². The number of nitrogens with two attached hydrogens (primary N) is 1. The van der Waals surface area contributed by atoms with E-state index >= 15 is 0 Å². The predicted molar refractivity (Wildman–Crippen MR) is 97.3 cm³/mol. The topological polar surface area (TPSA) is 101 Å². The quantitative estimate of drug-likeness (QED) is 0.570. The first-order valence-corrected chi connectivity index (χ1v) is 9.71. The Morgan fingerprint density at radius 2 is 1.73 bits per heavy atom. The second-order valence-electron chi connectivity index (χ2n) is 5.73. The molecule has 2 aromatic carbocycles. The maximum absolute atomic E-state index is 13.9. The number of hydrogen-bond acceptors (Lipinski definition) is 4. The first kappa shape index (κ1) is 20.0. The van der Waals surface area contributed by atoms with Crippen molar-refractivity contribution in [1.29, 1.82) is 0 Å². The first-order valence-electron chi connectivity index (χ1n) is 8.22. The Balaban J connectivity index is 2.22. The van der Waals surface area contributed by atoms with Crippen LogP contribution in [0.3, 0.4) is 0 Å². The van der Waals surface area contributed by atoms with Crippen molar-refractivity contribution >= 4 is 15.9 Å². The van der Waals surface area contributed by atoms with Gasteiger partial charge in [0.2, 0.25) is 15.9 Å². The van der Waals surface area contributed by atoms with E-state index in [1.807, 2.05) is 6.07 Å². The highest BCUT2D eigenvalue weighted by Gasteiger charge is 2.27. The standard InChI is InChI=1S/C18H22FN3O3S/c19-15-9-4-5-10-17(15)26(24,25)22-16(18(23)21-12-6-11-20)13-14-7-2-1-3-8-14/h1-5,7-10,16,22H,6,11-13,20H2,(H,21,23). The molecular weight excluding hydrogens is 357 g/mol. The van der Waals surface area contributed by atoms with E-state index in [-0.39, 0.29) is 6.42 Å². The molecule has 0 saturated carbocycles. The third-order valence-electron chi connectivity index (χ3n) is 3.70. The molecule has 0 heterocycles.